The minimum absolute atomic E-state index is 0.0793. The summed E-state index contributed by atoms with van der Waals surface area (Å²) in [6.07, 6.45) is 0. The third-order valence-electron chi connectivity index (χ3n) is 9.24. The molecule has 5 aromatic rings. The summed E-state index contributed by atoms with van der Waals surface area (Å²) in [5, 5.41) is 0. The van der Waals surface area contributed by atoms with Gasteiger partial charge in [-0.1, -0.05) is 6.07 Å². The van der Waals surface area contributed by atoms with Crippen LogP contribution in [0.5, 0.6) is 0 Å². The summed E-state index contributed by atoms with van der Waals surface area (Å²) >= 11 is 0. The van der Waals surface area contributed by atoms with E-state index in [1.54, 1.807) is 0 Å². The van der Waals surface area contributed by atoms with Crippen LogP contribution in [0.25, 0.3) is 0 Å². The Labute approximate surface area is 268 Å². The quantitative estimate of drug-likeness (QED) is 0.218. The minimum Gasteiger partial charge on any atom is -0.378 e. The van der Waals surface area contributed by atoms with Crippen molar-refractivity contribution in [2.24, 2.45) is 0 Å². The number of hydrogen-bond acceptors (Lipinski definition) is 6. The monoisotopic (exact) mass is 592 g/mol. The fraction of sp³-hybridized carbons (Fsp3) is 0.211. The molecule has 0 aliphatic carbocycles. The fourth-order valence-electron chi connectivity index (χ4n) is 6.83. The molecule has 0 radical (unpaired) electrons. The Morgan fingerprint density at radius 1 is 0.400 bits per heavy atom. The Morgan fingerprint density at radius 2 is 0.756 bits per heavy atom. The lowest BCUT2D eigenvalue weighted by Gasteiger charge is -2.44. The van der Waals surface area contributed by atoms with Crippen molar-refractivity contribution in [3.63, 3.8) is 0 Å². The second kappa shape index (κ2) is 10.8. The van der Waals surface area contributed by atoms with E-state index in [1.807, 2.05) is 0 Å². The Bertz CT molecular complexity index is 1750. The van der Waals surface area contributed by atoms with Gasteiger partial charge in [0.1, 0.15) is 0 Å². The van der Waals surface area contributed by atoms with Crippen LogP contribution in [0, 0.1) is 0 Å². The van der Waals surface area contributed by atoms with E-state index < -0.39 is 0 Å². The molecule has 0 saturated heterocycles. The molecule has 2 aliphatic heterocycles. The molecule has 0 saturated carbocycles. The second-order valence-corrected chi connectivity index (χ2v) is 12.9. The average Bonchev–Trinajstić information content (AvgIpc) is 3.04. The van der Waals surface area contributed by atoms with Gasteiger partial charge in [0.25, 0.3) is 6.71 Å². The molecule has 7 rings (SSSR count). The highest BCUT2D eigenvalue weighted by molar-refractivity contribution is 7.00. The van der Waals surface area contributed by atoms with E-state index in [9.17, 15) is 0 Å². The van der Waals surface area contributed by atoms with Crippen LogP contribution in [0.1, 0.15) is 0 Å². The van der Waals surface area contributed by atoms with Gasteiger partial charge in [0.15, 0.2) is 0 Å². The lowest BCUT2D eigenvalue weighted by Crippen LogP contribution is -2.61. The van der Waals surface area contributed by atoms with E-state index >= 15 is 0 Å². The van der Waals surface area contributed by atoms with Crippen molar-refractivity contribution < 1.29 is 0 Å². The van der Waals surface area contributed by atoms with E-state index in [4.69, 9.17) is 0 Å². The summed E-state index contributed by atoms with van der Waals surface area (Å²) in [5.41, 5.74) is 15.9. The molecule has 0 aromatic heterocycles. The van der Waals surface area contributed by atoms with Gasteiger partial charge in [-0.25, -0.2) is 0 Å². The first-order valence-corrected chi connectivity index (χ1v) is 15.5. The Hall–Kier alpha value is -5.04. The largest absolute Gasteiger partial charge is 0.378 e. The maximum atomic E-state index is 2.46. The predicted molar refractivity (Wildman–Crippen MR) is 198 cm³/mol. The van der Waals surface area contributed by atoms with E-state index in [-0.39, 0.29) is 6.71 Å². The highest BCUT2D eigenvalue weighted by Gasteiger charge is 2.43. The smallest absolute Gasteiger partial charge is 0.252 e. The molecule has 0 amide bonds. The molecule has 7 heteroatoms. The van der Waals surface area contributed by atoms with E-state index in [1.165, 1.54) is 61.9 Å². The van der Waals surface area contributed by atoms with Gasteiger partial charge < -0.3 is 29.4 Å². The standard InChI is InChI=1S/C38H41BN6/c1-40(2)26-12-16-28(17-13-26)44-34-22-20-30(42(5)6)24-32(34)39-33-25-31(43(7)8)21-23-35(33)45(37-11-9-10-36(44)38(37)39)29-18-14-27(15-19-29)41(3)4/h9-25H,1-8H3. The zero-order valence-electron chi connectivity index (χ0n) is 27.6. The van der Waals surface area contributed by atoms with Crippen molar-refractivity contribution in [3.8, 4) is 0 Å². The highest BCUT2D eigenvalue weighted by Crippen LogP contribution is 2.44. The Balaban J connectivity index is 1.53. The van der Waals surface area contributed by atoms with Crippen LogP contribution in [-0.2, 0) is 0 Å². The molecule has 0 unspecified atom stereocenters. The van der Waals surface area contributed by atoms with Crippen molar-refractivity contribution >= 4 is 80.0 Å². The molecule has 45 heavy (non-hydrogen) atoms. The van der Waals surface area contributed by atoms with Crippen LogP contribution < -0.4 is 45.8 Å². The van der Waals surface area contributed by atoms with Gasteiger partial charge in [0.2, 0.25) is 0 Å². The van der Waals surface area contributed by atoms with Crippen molar-refractivity contribution in [2.75, 3.05) is 85.8 Å². The van der Waals surface area contributed by atoms with Crippen LogP contribution in [0.2, 0.25) is 0 Å². The molecule has 5 aromatic carbocycles. The zero-order valence-corrected chi connectivity index (χ0v) is 27.6. The van der Waals surface area contributed by atoms with Gasteiger partial charge >= 0.3 is 0 Å². The molecule has 6 nitrogen and oxygen atoms in total. The summed E-state index contributed by atoms with van der Waals surface area (Å²) < 4.78 is 0. The number of nitrogens with zero attached hydrogens (tertiary/aromatic N) is 6. The summed E-state index contributed by atoms with van der Waals surface area (Å²) in [6.45, 7) is 0.0793. The first-order chi connectivity index (χ1) is 21.6. The number of fused-ring (bicyclic) bond motifs is 4. The van der Waals surface area contributed by atoms with Gasteiger partial charge in [-0.15, -0.1) is 0 Å². The topological polar surface area (TPSA) is 19.4 Å². The first kappa shape index (κ1) is 28.7. The molecule has 226 valence electrons. The highest BCUT2D eigenvalue weighted by atomic mass is 15.2. The molecule has 0 atom stereocenters. The first-order valence-electron chi connectivity index (χ1n) is 15.5. The Morgan fingerprint density at radius 3 is 1.11 bits per heavy atom. The third-order valence-corrected chi connectivity index (χ3v) is 9.24. The lowest BCUT2D eigenvalue weighted by molar-refractivity contribution is 1.13. The number of anilines is 10. The van der Waals surface area contributed by atoms with Crippen LogP contribution >= 0.6 is 0 Å². The lowest BCUT2D eigenvalue weighted by atomic mass is 9.33. The Kier molecular flexibility index (Phi) is 6.92. The minimum atomic E-state index is 0.0793. The molecule has 2 heterocycles. The van der Waals surface area contributed by atoms with Crippen LogP contribution in [0.4, 0.5) is 56.9 Å². The van der Waals surface area contributed by atoms with Crippen LogP contribution in [-0.4, -0.2) is 63.1 Å². The molecular formula is C38H41BN6. The van der Waals surface area contributed by atoms with Gasteiger partial charge in [-0.3, -0.25) is 0 Å². The normalized spacial score (nSPS) is 12.8. The fourth-order valence-corrected chi connectivity index (χ4v) is 6.83. The maximum Gasteiger partial charge on any atom is 0.252 e. The third kappa shape index (κ3) is 4.65. The number of hydrogen-bond donors (Lipinski definition) is 0. The number of rotatable bonds is 6. The average molecular weight is 593 g/mol. The second-order valence-electron chi connectivity index (χ2n) is 12.9. The van der Waals surface area contributed by atoms with Crippen LogP contribution in [0.15, 0.2) is 103 Å². The van der Waals surface area contributed by atoms with Gasteiger partial charge in [0, 0.05) is 113 Å². The van der Waals surface area contributed by atoms with Gasteiger partial charge in [-0.2, -0.15) is 0 Å². The molecule has 2 aliphatic rings. The van der Waals surface area contributed by atoms with Crippen molar-refractivity contribution in [3.05, 3.63) is 103 Å². The van der Waals surface area contributed by atoms with E-state index in [0.29, 0.717) is 0 Å². The van der Waals surface area contributed by atoms with Gasteiger partial charge in [0.05, 0.1) is 0 Å². The summed E-state index contributed by atoms with van der Waals surface area (Å²) in [7, 11) is 16.9. The molecule has 0 N–H and O–H groups in total. The summed E-state index contributed by atoms with van der Waals surface area (Å²) in [4.78, 5) is 13.6. The summed E-state index contributed by atoms with van der Waals surface area (Å²) in [6, 6.07) is 38.5. The molecular weight excluding hydrogens is 551 g/mol. The molecule has 0 fully saturated rings. The van der Waals surface area contributed by atoms with Gasteiger partial charge in [-0.05, 0) is 113 Å². The van der Waals surface area contributed by atoms with E-state index in [0.717, 1.165) is 11.4 Å². The predicted octanol–water partition coefficient (Wildman–Crippen LogP) is 6.03. The summed E-state index contributed by atoms with van der Waals surface area (Å²) in [5.74, 6) is 0. The van der Waals surface area contributed by atoms with E-state index in [2.05, 4.69) is 189 Å². The van der Waals surface area contributed by atoms with Crippen molar-refractivity contribution in [2.45, 2.75) is 0 Å². The van der Waals surface area contributed by atoms with Crippen molar-refractivity contribution in [1.29, 1.82) is 0 Å². The number of benzene rings is 5. The molecule has 0 bridgehead atoms. The maximum absolute atomic E-state index is 2.46. The molecule has 0 spiro atoms. The SMILES string of the molecule is CN(C)c1ccc(N2c3ccc(N(C)C)cc3B3c4cc(N(C)C)ccc4N(c4ccc(N(C)C)cc4)c4cccc2c43)cc1. The van der Waals surface area contributed by atoms with Crippen LogP contribution in [0.3, 0.4) is 0 Å². The van der Waals surface area contributed by atoms with Crippen molar-refractivity contribution in [1.82, 2.24) is 0 Å². The zero-order chi connectivity index (χ0) is 31.6.